The van der Waals surface area contributed by atoms with Gasteiger partial charge in [-0.2, -0.15) is 0 Å². The summed E-state index contributed by atoms with van der Waals surface area (Å²) < 4.78 is 63.9. The molecule has 0 bridgehead atoms. The maximum absolute atomic E-state index is 13.5. The summed E-state index contributed by atoms with van der Waals surface area (Å²) >= 11 is 3.36. The van der Waals surface area contributed by atoms with Crippen LogP contribution in [0.25, 0.3) is 0 Å². The van der Waals surface area contributed by atoms with Crippen molar-refractivity contribution in [2.75, 3.05) is 13.7 Å². The van der Waals surface area contributed by atoms with Crippen LogP contribution in [-0.4, -0.2) is 86.3 Å². The Morgan fingerprint density at radius 3 is 1.00 bits per heavy atom. The van der Waals surface area contributed by atoms with E-state index in [4.69, 9.17) is 24.3 Å². The number of carbonyl (C=O) groups is 4. The Labute approximate surface area is 529 Å². The van der Waals surface area contributed by atoms with Crippen LogP contribution in [0.4, 0.5) is 27.2 Å². The lowest BCUT2D eigenvalue weighted by Crippen LogP contribution is -2.48. The van der Waals surface area contributed by atoms with Gasteiger partial charge >= 0.3 is 12.2 Å². The highest BCUT2D eigenvalue weighted by Crippen LogP contribution is 2.38. The van der Waals surface area contributed by atoms with Crippen LogP contribution < -0.4 is 0 Å². The van der Waals surface area contributed by atoms with E-state index in [0.717, 1.165) is 53.8 Å². The molecule has 0 aliphatic carbocycles. The van der Waals surface area contributed by atoms with Crippen molar-refractivity contribution in [1.29, 1.82) is 0 Å². The van der Waals surface area contributed by atoms with Crippen molar-refractivity contribution in [3.8, 4) is 0 Å². The van der Waals surface area contributed by atoms with E-state index >= 15 is 0 Å². The van der Waals surface area contributed by atoms with Gasteiger partial charge in [-0.25, -0.2) is 37.3 Å². The number of aliphatic hydroxyl groups excluding tert-OH is 1. The van der Waals surface area contributed by atoms with Gasteiger partial charge in [0.05, 0.1) is 26.7 Å². The summed E-state index contributed by atoms with van der Waals surface area (Å²) in [5.74, 6) is -8.08. The predicted molar refractivity (Wildman–Crippen MR) is 350 cm³/mol. The van der Waals surface area contributed by atoms with Crippen LogP contribution in [-0.2, 0) is 60.1 Å². The molecule has 5 rings (SSSR count). The van der Waals surface area contributed by atoms with Gasteiger partial charge in [-0.3, -0.25) is 24.5 Å². The monoisotopic (exact) mass is 1290 g/mol. The van der Waals surface area contributed by atoms with Crippen molar-refractivity contribution in [3.05, 3.63) is 179 Å². The van der Waals surface area contributed by atoms with Crippen molar-refractivity contribution < 1.29 is 66.2 Å². The molecule has 0 aromatic heterocycles. The Kier molecular flexibility index (Phi) is 50.0. The normalized spacial score (nSPS) is 10.5. The largest absolute Gasteiger partial charge is 0.534 e. The van der Waals surface area contributed by atoms with Gasteiger partial charge in [0.1, 0.15) is 22.0 Å². The number of hydrogen-bond donors (Lipinski definition) is 2. The molecule has 0 fully saturated rings. The number of halogens is 5. The number of hydroxylamine groups is 6. The Balaban J connectivity index is -0.000000321. The van der Waals surface area contributed by atoms with E-state index in [1.807, 2.05) is 166 Å². The predicted octanol–water partition coefficient (Wildman–Crippen LogP) is 19.6. The average molecular weight is 1300 g/mol. The second-order valence-electron chi connectivity index (χ2n) is 20.5. The highest BCUT2D eigenvalue weighted by atomic mass is 79.9. The molecule has 18 heteroatoms. The molecule has 0 aliphatic heterocycles. The van der Waals surface area contributed by atoms with Crippen molar-refractivity contribution in [1.82, 2.24) is 15.2 Å². The van der Waals surface area contributed by atoms with E-state index in [2.05, 4.69) is 28.1 Å². The van der Waals surface area contributed by atoms with E-state index in [1.54, 1.807) is 84.0 Å². The minimum absolute atomic E-state index is 0.0645. The number of aliphatic hydroxyl groups is 1. The molecule has 0 radical (unpaired) electrons. The minimum atomic E-state index is -3.21. The maximum atomic E-state index is 13.5. The molecule has 0 aliphatic rings. The standard InChI is InChI=1S/C17H25NO5.C14H19F2NO2.C13H17F2NO2.C8H10O.C7H7Br.5C2H6/c1-16(2,3)21-14(19)18(12-13-10-8-7-9-11-13)23-15(20)22-17(4,5)6;1-13(2,14(3,15)16)12(18)17(19-4)10-11-8-6-5-7-9-11;1-12(2,13(3,14)15)11(17)16(18)9-10-7-5-4-6-8-10;9-7-6-8-4-2-1-3-5-8;8-6-7-4-2-1-3-5-7;5*1-2/h7-11H,12H2,1-6H3;5-9H,10H2,1-4H3;4-8,18H,9H2,1-3H3;1-5,9H,6-7H2;1-5H,6H2;5*1-2H3. The zero-order valence-corrected chi connectivity index (χ0v) is 58.2. The zero-order chi connectivity index (χ0) is 68.7. The number of nitrogens with zero attached hydrogens (tertiary/aromatic N) is 3. The lowest BCUT2D eigenvalue weighted by Gasteiger charge is -2.34. The quantitative estimate of drug-likeness (QED) is 0.0361. The summed E-state index contributed by atoms with van der Waals surface area (Å²) in [7, 11) is 1.30. The molecule has 13 nitrogen and oxygen atoms in total. The van der Waals surface area contributed by atoms with Gasteiger partial charge in [-0.15, -0.1) is 5.06 Å². The Bertz CT molecular complexity index is 2460. The maximum Gasteiger partial charge on any atom is 0.534 e. The highest BCUT2D eigenvalue weighted by molar-refractivity contribution is 9.08. The Morgan fingerprint density at radius 1 is 0.437 bits per heavy atom. The van der Waals surface area contributed by atoms with Gasteiger partial charge in [-0.1, -0.05) is 237 Å². The van der Waals surface area contributed by atoms with E-state index in [-0.39, 0.29) is 26.2 Å². The first-order valence-electron chi connectivity index (χ1n) is 29.6. The molecule has 3 amide bonds. The number of ether oxygens (including phenoxy) is 2. The van der Waals surface area contributed by atoms with Crippen molar-refractivity contribution in [2.24, 2.45) is 10.8 Å². The topological polar surface area (TPSA) is 155 Å². The van der Waals surface area contributed by atoms with Gasteiger partial charge in [0.25, 0.3) is 23.7 Å². The highest BCUT2D eigenvalue weighted by Gasteiger charge is 2.51. The molecular weight excluding hydrogens is 1190 g/mol. The smallest absolute Gasteiger partial charge is 0.442 e. The molecule has 0 atom stereocenters. The fourth-order valence-corrected chi connectivity index (χ4v) is 6.08. The number of alkyl halides is 5. The van der Waals surface area contributed by atoms with Crippen LogP contribution >= 0.6 is 15.9 Å². The van der Waals surface area contributed by atoms with Crippen molar-refractivity contribution in [3.63, 3.8) is 0 Å². The number of carbonyl (C=O) groups excluding carboxylic acids is 4. The second-order valence-corrected chi connectivity index (χ2v) is 21.1. The van der Waals surface area contributed by atoms with Gasteiger partial charge in [0, 0.05) is 25.8 Å². The summed E-state index contributed by atoms with van der Waals surface area (Å²) in [6.07, 6.45) is -0.951. The van der Waals surface area contributed by atoms with Crippen LogP contribution in [0.3, 0.4) is 0 Å². The molecule has 0 saturated carbocycles. The first-order valence-corrected chi connectivity index (χ1v) is 30.7. The van der Waals surface area contributed by atoms with E-state index in [0.29, 0.717) is 17.6 Å². The molecule has 87 heavy (non-hydrogen) atoms. The lowest BCUT2D eigenvalue weighted by atomic mass is 9.85. The number of amides is 3. The number of benzene rings is 5. The minimum Gasteiger partial charge on any atom is -0.442 e. The molecule has 2 N–H and O–H groups in total. The third-order valence-corrected chi connectivity index (χ3v) is 11.5. The molecule has 5 aromatic carbocycles. The summed E-state index contributed by atoms with van der Waals surface area (Å²) in [5.41, 5.74) is -0.396. The zero-order valence-electron chi connectivity index (χ0n) is 56.6. The third-order valence-electron chi connectivity index (χ3n) is 10.9. The number of rotatable bonds is 14. The summed E-state index contributed by atoms with van der Waals surface area (Å²) in [6.45, 7) is 36.7. The van der Waals surface area contributed by atoms with Crippen LogP contribution in [0, 0.1) is 10.8 Å². The lowest BCUT2D eigenvalue weighted by molar-refractivity contribution is -0.205. The fourth-order valence-electron chi connectivity index (χ4n) is 5.70. The first kappa shape index (κ1) is 89.4. The molecule has 0 heterocycles. The fraction of sp³-hybridized carbons (Fsp3) is 0.507. The van der Waals surface area contributed by atoms with E-state index in [9.17, 15) is 41.9 Å². The van der Waals surface area contributed by atoms with Crippen LogP contribution in [0.1, 0.15) is 180 Å². The van der Waals surface area contributed by atoms with Crippen LogP contribution in [0.15, 0.2) is 152 Å². The van der Waals surface area contributed by atoms with Gasteiger partial charge in [-0.05, 0) is 103 Å². The summed E-state index contributed by atoms with van der Waals surface area (Å²) in [6, 6.07) is 47.1. The van der Waals surface area contributed by atoms with E-state index in [1.165, 1.54) is 32.1 Å². The van der Waals surface area contributed by atoms with Crippen LogP contribution in [0.2, 0.25) is 0 Å². The van der Waals surface area contributed by atoms with E-state index < -0.39 is 57.9 Å². The Morgan fingerprint density at radius 2 is 0.724 bits per heavy atom. The molecule has 5 aromatic rings. The second kappa shape index (κ2) is 48.6. The van der Waals surface area contributed by atoms with Gasteiger partial charge in [0.2, 0.25) is 0 Å². The molecule has 0 spiro atoms. The first-order chi connectivity index (χ1) is 40.7. The summed E-state index contributed by atoms with van der Waals surface area (Å²) in [5, 5.41) is 21.3. The molecular formula is C69H108BrF4N3O10. The SMILES string of the molecule is BrCc1ccccc1.CC.CC.CC.CC.CC.CC(C)(C)OC(=O)ON(Cc1ccccc1)C(=O)OC(C)(C)C.CC(F)(F)C(C)(C)C(=O)N(O)Cc1ccccc1.CON(Cc1ccccc1)C(=O)C(C)(C)C(C)(F)F.OCCc1ccccc1. The molecule has 0 saturated heterocycles. The van der Waals surface area contributed by atoms with Crippen LogP contribution in [0.5, 0.6) is 0 Å². The van der Waals surface area contributed by atoms with Crippen molar-refractivity contribution in [2.45, 2.75) is 207 Å². The number of hydrogen-bond acceptors (Lipinski definition) is 10. The van der Waals surface area contributed by atoms with Gasteiger partial charge in [0.15, 0.2) is 0 Å². The third kappa shape index (κ3) is 40.7. The van der Waals surface area contributed by atoms with Crippen molar-refractivity contribution >= 4 is 40.0 Å². The average Bonchev–Trinajstić information content (AvgIpc) is 2.26. The Hall–Kier alpha value is -6.34. The van der Waals surface area contributed by atoms with Gasteiger partial charge < -0.3 is 14.6 Å². The summed E-state index contributed by atoms with van der Waals surface area (Å²) in [4.78, 5) is 58.0. The molecule has 494 valence electrons. The molecule has 0 unspecified atom stereocenters.